The quantitative estimate of drug-likeness (QED) is 0.776. The van der Waals surface area contributed by atoms with Gasteiger partial charge in [0.25, 0.3) is 0 Å². The van der Waals surface area contributed by atoms with Gasteiger partial charge in [-0.15, -0.1) is 0 Å². The minimum absolute atomic E-state index is 0.0446. The minimum Gasteiger partial charge on any atom is -0.508 e. The predicted octanol–water partition coefficient (Wildman–Crippen LogP) is 3.10. The van der Waals surface area contributed by atoms with Gasteiger partial charge >= 0.3 is 0 Å². The summed E-state index contributed by atoms with van der Waals surface area (Å²) in [7, 11) is 0. The normalized spacial score (nSPS) is 14.3. The number of nitrogens with one attached hydrogen (secondary N) is 1. The lowest BCUT2D eigenvalue weighted by molar-refractivity contribution is 0.391. The first kappa shape index (κ1) is 12.5. The zero-order valence-corrected chi connectivity index (χ0v) is 10.4. The van der Waals surface area contributed by atoms with Crippen LogP contribution in [0.4, 0.5) is 0 Å². The number of hydrogen-bond acceptors (Lipinski definition) is 4. The third-order valence-electron chi connectivity index (χ3n) is 2.95. The van der Waals surface area contributed by atoms with Crippen LogP contribution in [0.5, 0.6) is 11.5 Å². The Morgan fingerprint density at radius 1 is 1.11 bits per heavy atom. The van der Waals surface area contributed by atoms with E-state index >= 15 is 0 Å². The lowest BCUT2D eigenvalue weighted by Crippen LogP contribution is -2.22. The molecule has 0 radical (unpaired) electrons. The number of aromatic hydroxyl groups is 2. The molecule has 2 aromatic rings. The van der Waals surface area contributed by atoms with Gasteiger partial charge in [0, 0.05) is 17.7 Å². The first-order valence-electron chi connectivity index (χ1n) is 5.89. The fourth-order valence-corrected chi connectivity index (χ4v) is 1.98. The third-order valence-corrected chi connectivity index (χ3v) is 2.95. The number of rotatable bonds is 4. The molecule has 0 aliphatic carbocycles. The van der Waals surface area contributed by atoms with Crippen molar-refractivity contribution in [1.82, 2.24) is 5.32 Å². The average Bonchev–Trinajstić information content (AvgIpc) is 2.81. The van der Waals surface area contributed by atoms with E-state index in [4.69, 9.17) is 4.42 Å². The fourth-order valence-electron chi connectivity index (χ4n) is 1.98. The molecule has 0 bridgehead atoms. The highest BCUT2D eigenvalue weighted by Gasteiger charge is 2.15. The molecule has 0 aliphatic rings. The minimum atomic E-state index is -0.0503. The summed E-state index contributed by atoms with van der Waals surface area (Å²) in [5, 5.41) is 22.4. The smallest absolute Gasteiger partial charge is 0.124 e. The van der Waals surface area contributed by atoms with Gasteiger partial charge in [-0.1, -0.05) is 6.07 Å². The van der Waals surface area contributed by atoms with Crippen LogP contribution in [0.15, 0.2) is 41.0 Å². The molecule has 2 rings (SSSR count). The summed E-state index contributed by atoms with van der Waals surface area (Å²) in [6, 6.07) is 8.35. The highest BCUT2D eigenvalue weighted by molar-refractivity contribution is 5.40. The van der Waals surface area contributed by atoms with Crippen LogP contribution in [0.3, 0.4) is 0 Å². The maximum Gasteiger partial charge on any atom is 0.124 e. The summed E-state index contributed by atoms with van der Waals surface area (Å²) in [5.74, 6) is 0.990. The third kappa shape index (κ3) is 2.65. The Balaban J connectivity index is 2.10. The molecule has 4 heteroatoms. The summed E-state index contributed by atoms with van der Waals surface area (Å²) in [5.41, 5.74) is 0.742. The van der Waals surface area contributed by atoms with Crippen molar-refractivity contribution in [2.75, 3.05) is 0 Å². The summed E-state index contributed by atoms with van der Waals surface area (Å²) < 4.78 is 5.32. The van der Waals surface area contributed by atoms with Crippen LogP contribution in [-0.4, -0.2) is 10.2 Å². The van der Waals surface area contributed by atoms with Crippen LogP contribution < -0.4 is 5.32 Å². The van der Waals surface area contributed by atoms with Gasteiger partial charge in [0.1, 0.15) is 17.3 Å². The second-order valence-electron chi connectivity index (χ2n) is 4.37. The largest absolute Gasteiger partial charge is 0.508 e. The first-order valence-corrected chi connectivity index (χ1v) is 5.89. The van der Waals surface area contributed by atoms with Crippen molar-refractivity contribution in [2.45, 2.75) is 25.9 Å². The fraction of sp³-hybridized carbons (Fsp3) is 0.286. The van der Waals surface area contributed by atoms with Crippen molar-refractivity contribution in [2.24, 2.45) is 0 Å². The van der Waals surface area contributed by atoms with E-state index in [-0.39, 0.29) is 23.6 Å². The Morgan fingerprint density at radius 2 is 1.89 bits per heavy atom. The Kier molecular flexibility index (Phi) is 3.58. The van der Waals surface area contributed by atoms with Crippen LogP contribution in [0.25, 0.3) is 0 Å². The molecule has 2 atom stereocenters. The maximum atomic E-state index is 9.78. The van der Waals surface area contributed by atoms with Crippen molar-refractivity contribution in [3.8, 4) is 11.5 Å². The first-order chi connectivity index (χ1) is 8.58. The highest BCUT2D eigenvalue weighted by Crippen LogP contribution is 2.29. The summed E-state index contributed by atoms with van der Waals surface area (Å²) >= 11 is 0. The topological polar surface area (TPSA) is 65.6 Å². The van der Waals surface area contributed by atoms with Gasteiger partial charge in [0.2, 0.25) is 0 Å². The van der Waals surface area contributed by atoms with E-state index in [2.05, 4.69) is 5.32 Å². The molecular weight excluding hydrogens is 230 g/mol. The standard InChI is InChI=1S/C14H17NO3/c1-9(12-6-5-11(16)8-13(12)17)15-10(2)14-4-3-7-18-14/h3-10,15-17H,1-2H3/t9?,10-/m0/s1. The zero-order valence-electron chi connectivity index (χ0n) is 10.4. The van der Waals surface area contributed by atoms with E-state index in [9.17, 15) is 10.2 Å². The van der Waals surface area contributed by atoms with Crippen molar-refractivity contribution >= 4 is 0 Å². The molecule has 1 unspecified atom stereocenters. The van der Waals surface area contributed by atoms with Gasteiger partial charge in [-0.05, 0) is 32.0 Å². The van der Waals surface area contributed by atoms with Crippen molar-refractivity contribution in [3.63, 3.8) is 0 Å². The Bertz CT molecular complexity index is 508. The molecule has 0 spiro atoms. The van der Waals surface area contributed by atoms with Crippen LogP contribution in [-0.2, 0) is 0 Å². The van der Waals surface area contributed by atoms with E-state index < -0.39 is 0 Å². The summed E-state index contributed by atoms with van der Waals surface area (Å²) in [6.45, 7) is 3.94. The van der Waals surface area contributed by atoms with Crippen LogP contribution in [0, 0.1) is 0 Å². The van der Waals surface area contributed by atoms with Crippen molar-refractivity contribution in [3.05, 3.63) is 47.9 Å². The van der Waals surface area contributed by atoms with Crippen LogP contribution in [0.1, 0.15) is 37.3 Å². The highest BCUT2D eigenvalue weighted by atomic mass is 16.3. The maximum absolute atomic E-state index is 9.78. The van der Waals surface area contributed by atoms with Crippen molar-refractivity contribution in [1.29, 1.82) is 0 Å². The van der Waals surface area contributed by atoms with E-state index in [1.807, 2.05) is 26.0 Å². The van der Waals surface area contributed by atoms with Gasteiger partial charge in [-0.25, -0.2) is 0 Å². The van der Waals surface area contributed by atoms with Gasteiger partial charge in [0.15, 0.2) is 0 Å². The molecule has 3 N–H and O–H groups in total. The zero-order chi connectivity index (χ0) is 13.1. The SMILES string of the molecule is CC(N[C@@H](C)c1ccco1)c1ccc(O)cc1O. The summed E-state index contributed by atoms with van der Waals surface area (Å²) in [4.78, 5) is 0. The Morgan fingerprint density at radius 3 is 2.50 bits per heavy atom. The molecule has 18 heavy (non-hydrogen) atoms. The molecule has 1 heterocycles. The predicted molar refractivity (Wildman–Crippen MR) is 68.4 cm³/mol. The molecule has 4 nitrogen and oxygen atoms in total. The van der Waals surface area contributed by atoms with Gasteiger partial charge < -0.3 is 19.9 Å². The molecule has 96 valence electrons. The van der Waals surface area contributed by atoms with E-state index in [0.717, 1.165) is 11.3 Å². The van der Waals surface area contributed by atoms with Gasteiger partial charge in [-0.2, -0.15) is 0 Å². The molecule has 0 saturated carbocycles. The summed E-state index contributed by atoms with van der Waals surface area (Å²) in [6.07, 6.45) is 1.64. The van der Waals surface area contributed by atoms with Gasteiger partial charge in [0.05, 0.1) is 12.3 Å². The van der Waals surface area contributed by atoms with Crippen LogP contribution >= 0.6 is 0 Å². The second-order valence-corrected chi connectivity index (χ2v) is 4.37. The van der Waals surface area contributed by atoms with E-state index in [0.29, 0.717) is 0 Å². The molecule has 0 amide bonds. The molecular formula is C14H17NO3. The van der Waals surface area contributed by atoms with Gasteiger partial charge in [-0.3, -0.25) is 0 Å². The number of phenols is 2. The second kappa shape index (κ2) is 5.14. The molecule has 1 aromatic carbocycles. The van der Waals surface area contributed by atoms with E-state index in [1.54, 1.807) is 18.4 Å². The molecule has 0 saturated heterocycles. The number of furan rings is 1. The lowest BCUT2D eigenvalue weighted by atomic mass is 10.1. The molecule has 1 aromatic heterocycles. The number of phenolic OH excluding ortho intramolecular Hbond substituents is 2. The molecule has 0 fully saturated rings. The molecule has 0 aliphatic heterocycles. The average molecular weight is 247 g/mol. The Labute approximate surface area is 106 Å². The Hall–Kier alpha value is -1.94. The number of benzene rings is 1. The monoisotopic (exact) mass is 247 g/mol. The van der Waals surface area contributed by atoms with Crippen molar-refractivity contribution < 1.29 is 14.6 Å². The van der Waals surface area contributed by atoms with E-state index in [1.165, 1.54) is 6.07 Å². The number of hydrogen-bond donors (Lipinski definition) is 3. The lowest BCUT2D eigenvalue weighted by Gasteiger charge is -2.19. The van der Waals surface area contributed by atoms with Crippen LogP contribution in [0.2, 0.25) is 0 Å².